The van der Waals surface area contributed by atoms with E-state index in [9.17, 15) is 4.79 Å². The van der Waals surface area contributed by atoms with Gasteiger partial charge in [-0.2, -0.15) is 0 Å². The lowest BCUT2D eigenvalue weighted by atomic mass is 10.1. The first kappa shape index (κ1) is 14.1. The maximum absolute atomic E-state index is 12.0. The van der Waals surface area contributed by atoms with Gasteiger partial charge in [-0.25, -0.2) is 0 Å². The van der Waals surface area contributed by atoms with Crippen molar-refractivity contribution in [2.75, 3.05) is 11.9 Å². The highest BCUT2D eigenvalue weighted by Gasteiger charge is 2.15. The van der Waals surface area contributed by atoms with Gasteiger partial charge in [0.1, 0.15) is 6.61 Å². The van der Waals surface area contributed by atoms with Gasteiger partial charge < -0.3 is 14.9 Å². The summed E-state index contributed by atoms with van der Waals surface area (Å²) in [5.74, 6) is 4.95. The molecule has 0 saturated heterocycles. The molecule has 1 aromatic heterocycles. The van der Waals surface area contributed by atoms with Gasteiger partial charge in [-0.15, -0.1) is 0 Å². The molecule has 20 heavy (non-hydrogen) atoms. The van der Waals surface area contributed by atoms with Gasteiger partial charge >= 0.3 is 0 Å². The zero-order chi connectivity index (χ0) is 14.5. The molecule has 0 fully saturated rings. The molecule has 1 heterocycles. The number of nitrogens with one attached hydrogen (secondary N) is 1. The Labute approximate surface area is 120 Å². The van der Waals surface area contributed by atoms with Crippen LogP contribution in [0.3, 0.4) is 0 Å². The van der Waals surface area contributed by atoms with E-state index in [1.807, 2.05) is 0 Å². The lowest BCUT2D eigenvalue weighted by molar-refractivity contribution is 0.0987. The number of aliphatic hydroxyl groups excluding tert-OH is 1. The maximum atomic E-state index is 12.0. The molecule has 0 aliphatic rings. The van der Waals surface area contributed by atoms with Crippen molar-refractivity contribution >= 4 is 23.2 Å². The second-order valence-electron chi connectivity index (χ2n) is 3.94. The average molecular weight is 291 g/mol. The van der Waals surface area contributed by atoms with Crippen molar-refractivity contribution in [3.63, 3.8) is 0 Å². The Kier molecular flexibility index (Phi) is 4.41. The van der Waals surface area contributed by atoms with Gasteiger partial charge in [0, 0.05) is 16.1 Å². The number of carbonyl (C=O) groups excluding carboxylic acids is 1. The summed E-state index contributed by atoms with van der Waals surface area (Å²) in [5.41, 5.74) is 1.63. The molecule has 1 aromatic carbocycles. The summed E-state index contributed by atoms with van der Waals surface area (Å²) in [7, 11) is 0. The molecule has 0 bridgehead atoms. The van der Waals surface area contributed by atoms with Crippen LogP contribution in [0.5, 0.6) is 0 Å². The van der Waals surface area contributed by atoms with E-state index in [0.29, 0.717) is 21.8 Å². The van der Waals surface area contributed by atoms with Gasteiger partial charge in [-0.3, -0.25) is 4.79 Å². The topological polar surface area (TPSA) is 75.4 Å². The Morgan fingerprint density at radius 1 is 1.55 bits per heavy atom. The molecule has 0 aliphatic heterocycles. The summed E-state index contributed by atoms with van der Waals surface area (Å²) in [4.78, 5) is 12.0. The van der Waals surface area contributed by atoms with E-state index in [1.54, 1.807) is 25.1 Å². The third-order valence-corrected chi connectivity index (χ3v) is 2.72. The first-order valence-electron chi connectivity index (χ1n) is 5.73. The minimum absolute atomic E-state index is 0.131. The Morgan fingerprint density at radius 2 is 2.35 bits per heavy atom. The molecular weight excluding hydrogens is 280 g/mol. The van der Waals surface area contributed by atoms with Crippen molar-refractivity contribution in [3.05, 3.63) is 46.3 Å². The number of aryl methyl sites for hydroxylation is 1. The van der Waals surface area contributed by atoms with Gasteiger partial charge in [-0.05, 0) is 25.1 Å². The van der Waals surface area contributed by atoms with Crippen LogP contribution in [0.1, 0.15) is 21.7 Å². The number of nitrogens with zero attached hydrogens (tertiary/aromatic N) is 1. The Morgan fingerprint density at radius 3 is 3.00 bits per heavy atom. The molecule has 6 heteroatoms. The standard InChI is InChI=1S/C14H11ClN2O3/c1-9-8-16-20-13(9)14(19)17-12-7-11(15)5-4-10(12)3-2-6-18/h4-5,7-8,18H,6H2,1H3,(H,17,19). The number of benzene rings is 1. The van der Waals surface area contributed by atoms with Crippen molar-refractivity contribution in [1.82, 2.24) is 5.16 Å². The third-order valence-electron chi connectivity index (χ3n) is 2.49. The monoisotopic (exact) mass is 290 g/mol. The number of amides is 1. The molecule has 0 spiro atoms. The number of halogens is 1. The van der Waals surface area contributed by atoms with Crippen LogP contribution in [0.15, 0.2) is 28.9 Å². The molecule has 102 valence electrons. The zero-order valence-corrected chi connectivity index (χ0v) is 11.4. The van der Waals surface area contributed by atoms with Crippen LogP contribution in [0.25, 0.3) is 0 Å². The first-order chi connectivity index (χ1) is 9.61. The van der Waals surface area contributed by atoms with Crippen LogP contribution < -0.4 is 5.32 Å². The van der Waals surface area contributed by atoms with E-state index >= 15 is 0 Å². The normalized spacial score (nSPS) is 9.75. The fourth-order valence-corrected chi connectivity index (χ4v) is 1.72. The fraction of sp³-hybridized carbons (Fsp3) is 0.143. The molecular formula is C14H11ClN2O3. The Hall–Kier alpha value is -2.29. The lowest BCUT2D eigenvalue weighted by Crippen LogP contribution is -2.13. The quantitative estimate of drug-likeness (QED) is 0.832. The van der Waals surface area contributed by atoms with Crippen molar-refractivity contribution in [1.29, 1.82) is 0 Å². The molecule has 0 atom stereocenters. The van der Waals surface area contributed by atoms with Crippen molar-refractivity contribution in [2.45, 2.75) is 6.92 Å². The Bertz CT molecular complexity index is 698. The second kappa shape index (κ2) is 6.24. The molecule has 0 radical (unpaired) electrons. The molecule has 2 rings (SSSR count). The maximum Gasteiger partial charge on any atom is 0.294 e. The van der Waals surface area contributed by atoms with Crippen molar-refractivity contribution in [2.24, 2.45) is 0 Å². The van der Waals surface area contributed by atoms with E-state index in [0.717, 1.165) is 0 Å². The summed E-state index contributed by atoms with van der Waals surface area (Å²) in [5, 5.41) is 15.4. The number of aromatic nitrogens is 1. The third kappa shape index (κ3) is 3.18. The van der Waals surface area contributed by atoms with Crippen LogP contribution in [0, 0.1) is 18.8 Å². The molecule has 2 aromatic rings. The summed E-state index contributed by atoms with van der Waals surface area (Å²) >= 11 is 5.91. The number of anilines is 1. The molecule has 2 N–H and O–H groups in total. The van der Waals surface area contributed by atoms with Crippen molar-refractivity contribution in [3.8, 4) is 11.8 Å². The van der Waals surface area contributed by atoms with Crippen LogP contribution >= 0.6 is 11.6 Å². The highest BCUT2D eigenvalue weighted by atomic mass is 35.5. The van der Waals surface area contributed by atoms with Crippen molar-refractivity contribution < 1.29 is 14.4 Å². The first-order valence-corrected chi connectivity index (χ1v) is 6.11. The highest BCUT2D eigenvalue weighted by molar-refractivity contribution is 6.31. The predicted octanol–water partition coefficient (Wildman–Crippen LogP) is 2.23. The molecule has 0 aliphatic carbocycles. The number of carbonyl (C=O) groups is 1. The molecule has 0 unspecified atom stereocenters. The minimum Gasteiger partial charge on any atom is -0.384 e. The summed E-state index contributed by atoms with van der Waals surface area (Å²) in [6, 6.07) is 4.89. The summed E-state index contributed by atoms with van der Waals surface area (Å²) < 4.78 is 4.88. The lowest BCUT2D eigenvalue weighted by Gasteiger charge is -2.06. The van der Waals surface area contributed by atoms with Crippen LogP contribution in [-0.2, 0) is 0 Å². The minimum atomic E-state index is -0.436. The van der Waals surface area contributed by atoms with Gasteiger partial charge in [0.15, 0.2) is 0 Å². The smallest absolute Gasteiger partial charge is 0.294 e. The predicted molar refractivity (Wildman–Crippen MR) is 74.6 cm³/mol. The van der Waals surface area contributed by atoms with E-state index in [4.69, 9.17) is 21.2 Å². The van der Waals surface area contributed by atoms with Gasteiger partial charge in [0.25, 0.3) is 5.91 Å². The molecule has 5 nitrogen and oxygen atoms in total. The molecule has 1 amide bonds. The van der Waals surface area contributed by atoms with Gasteiger partial charge in [0.05, 0.1) is 11.9 Å². The summed E-state index contributed by atoms with van der Waals surface area (Å²) in [6.45, 7) is 1.45. The SMILES string of the molecule is Cc1cnoc1C(=O)Nc1cc(Cl)ccc1C#CCO. The Balaban J connectivity index is 2.31. The number of rotatable bonds is 2. The highest BCUT2D eigenvalue weighted by Crippen LogP contribution is 2.21. The van der Waals surface area contributed by atoms with Gasteiger partial charge in [-0.1, -0.05) is 28.6 Å². The number of hydrogen-bond donors (Lipinski definition) is 2. The van der Waals surface area contributed by atoms with E-state index < -0.39 is 5.91 Å². The van der Waals surface area contributed by atoms with E-state index in [-0.39, 0.29) is 12.4 Å². The fourth-order valence-electron chi connectivity index (χ4n) is 1.55. The second-order valence-corrected chi connectivity index (χ2v) is 4.38. The largest absolute Gasteiger partial charge is 0.384 e. The van der Waals surface area contributed by atoms with E-state index in [1.165, 1.54) is 6.20 Å². The van der Waals surface area contributed by atoms with Gasteiger partial charge in [0.2, 0.25) is 5.76 Å². The van der Waals surface area contributed by atoms with Crippen LogP contribution in [0.2, 0.25) is 5.02 Å². The number of aliphatic hydroxyl groups is 1. The average Bonchev–Trinajstić information content (AvgIpc) is 2.84. The van der Waals surface area contributed by atoms with Crippen LogP contribution in [0.4, 0.5) is 5.69 Å². The van der Waals surface area contributed by atoms with E-state index in [2.05, 4.69) is 22.3 Å². The van der Waals surface area contributed by atoms with Crippen LogP contribution in [-0.4, -0.2) is 22.8 Å². The molecule has 0 saturated carbocycles. The summed E-state index contributed by atoms with van der Waals surface area (Å²) in [6.07, 6.45) is 1.46. The zero-order valence-electron chi connectivity index (χ0n) is 10.6. The number of hydrogen-bond acceptors (Lipinski definition) is 4.